The molecular formula is C32H46F3N5O3. The zero-order chi connectivity index (χ0) is 31.9. The quantitative estimate of drug-likeness (QED) is 0.312. The van der Waals surface area contributed by atoms with Crippen molar-refractivity contribution in [1.29, 1.82) is 0 Å². The number of hydrogen-bond acceptors (Lipinski definition) is 5. The van der Waals surface area contributed by atoms with Crippen LogP contribution in [-0.2, 0) is 29.0 Å². The maximum absolute atomic E-state index is 14.5. The third-order valence-electron chi connectivity index (χ3n) is 7.44. The summed E-state index contributed by atoms with van der Waals surface area (Å²) in [4.78, 5) is 32.8. The highest BCUT2D eigenvalue weighted by atomic mass is 19.2. The van der Waals surface area contributed by atoms with Gasteiger partial charge in [0, 0.05) is 43.1 Å². The zero-order valence-electron chi connectivity index (χ0n) is 26.7. The second kappa shape index (κ2) is 12.0. The summed E-state index contributed by atoms with van der Waals surface area (Å²) in [5, 5.41) is 6.40. The van der Waals surface area contributed by atoms with E-state index in [4.69, 9.17) is 9.72 Å². The molecule has 1 aliphatic heterocycles. The summed E-state index contributed by atoms with van der Waals surface area (Å²) in [6.07, 6.45) is 1.94. The fraction of sp³-hybridized carbons (Fsp3) is 0.656. The van der Waals surface area contributed by atoms with Crippen LogP contribution in [0.3, 0.4) is 0 Å². The van der Waals surface area contributed by atoms with Gasteiger partial charge in [0.25, 0.3) is 0 Å². The number of aromatic nitrogens is 2. The Morgan fingerprint density at radius 1 is 1.00 bits per heavy atom. The number of nitrogens with zero attached hydrogens (tertiary/aromatic N) is 3. The summed E-state index contributed by atoms with van der Waals surface area (Å²) in [6.45, 7) is 17.4. The van der Waals surface area contributed by atoms with Gasteiger partial charge in [0.1, 0.15) is 23.1 Å². The summed E-state index contributed by atoms with van der Waals surface area (Å²) in [5.74, 6) is -1.51. The molecule has 8 nitrogen and oxygen atoms in total. The van der Waals surface area contributed by atoms with Gasteiger partial charge in [-0.2, -0.15) is 0 Å². The zero-order valence-corrected chi connectivity index (χ0v) is 26.7. The smallest absolute Gasteiger partial charge is 0.407 e. The van der Waals surface area contributed by atoms with Gasteiger partial charge in [0.15, 0.2) is 11.6 Å². The van der Waals surface area contributed by atoms with E-state index in [1.54, 1.807) is 25.7 Å². The Bertz CT molecular complexity index is 1360. The van der Waals surface area contributed by atoms with E-state index in [9.17, 15) is 22.8 Å². The maximum Gasteiger partial charge on any atom is 0.407 e. The van der Waals surface area contributed by atoms with Crippen molar-refractivity contribution in [1.82, 2.24) is 19.8 Å². The standard InChI is InChI=1S/C32H46F3N5O3/c1-30(2,3)18-32(7,8)38-28-27(19-9-10-19)37-25-17-39(11-12-40(25)28)26(41)15-21(36-29(42)43-31(4,5)6)13-20-14-23(34)24(35)16-22(20)33/h14,16,19,21,38H,9-13,15,17-18H2,1-8H3,(H,36,42)/t21-/m1/s1. The molecule has 2 aliphatic rings. The molecule has 1 saturated carbocycles. The van der Waals surface area contributed by atoms with Gasteiger partial charge in [0.2, 0.25) is 5.91 Å². The number of anilines is 1. The van der Waals surface area contributed by atoms with Gasteiger partial charge in [-0.1, -0.05) is 20.8 Å². The number of hydrogen-bond donors (Lipinski definition) is 2. The van der Waals surface area contributed by atoms with Crippen molar-refractivity contribution in [3.8, 4) is 0 Å². The molecule has 0 saturated heterocycles. The number of fused-ring (bicyclic) bond motifs is 1. The lowest BCUT2D eigenvalue weighted by Crippen LogP contribution is -2.45. The topological polar surface area (TPSA) is 88.5 Å². The van der Waals surface area contributed by atoms with Crippen molar-refractivity contribution in [3.63, 3.8) is 0 Å². The van der Waals surface area contributed by atoms with Crippen LogP contribution in [-0.4, -0.2) is 50.2 Å². The van der Waals surface area contributed by atoms with Gasteiger partial charge < -0.3 is 24.8 Å². The lowest BCUT2D eigenvalue weighted by Gasteiger charge is -2.36. The summed E-state index contributed by atoms with van der Waals surface area (Å²) >= 11 is 0. The van der Waals surface area contributed by atoms with E-state index in [1.807, 2.05) is 0 Å². The summed E-state index contributed by atoms with van der Waals surface area (Å²) < 4.78 is 49.5. The molecule has 4 rings (SSSR count). The Morgan fingerprint density at radius 2 is 1.65 bits per heavy atom. The number of ether oxygens (including phenoxy) is 1. The summed E-state index contributed by atoms with van der Waals surface area (Å²) in [7, 11) is 0. The molecule has 11 heteroatoms. The van der Waals surface area contributed by atoms with Crippen LogP contribution in [0.5, 0.6) is 0 Å². The van der Waals surface area contributed by atoms with Crippen molar-refractivity contribution < 1.29 is 27.5 Å². The third-order valence-corrected chi connectivity index (χ3v) is 7.44. The first-order chi connectivity index (χ1) is 19.8. The van der Waals surface area contributed by atoms with E-state index in [1.165, 1.54) is 0 Å². The Labute approximate surface area is 252 Å². The molecule has 238 valence electrons. The number of amides is 2. The third kappa shape index (κ3) is 8.89. The fourth-order valence-corrected chi connectivity index (χ4v) is 6.00. The molecule has 1 fully saturated rings. The second-order valence-electron chi connectivity index (χ2n) is 14.9. The van der Waals surface area contributed by atoms with Crippen LogP contribution in [0.4, 0.5) is 23.8 Å². The van der Waals surface area contributed by atoms with E-state index in [0.29, 0.717) is 31.6 Å². The fourth-order valence-electron chi connectivity index (χ4n) is 6.00. The number of rotatable bonds is 9. The summed E-state index contributed by atoms with van der Waals surface area (Å²) in [6, 6.07) is 0.305. The predicted molar refractivity (Wildman–Crippen MR) is 159 cm³/mol. The molecule has 1 atom stereocenters. The van der Waals surface area contributed by atoms with Gasteiger partial charge in [-0.3, -0.25) is 4.79 Å². The van der Waals surface area contributed by atoms with Crippen LogP contribution in [0.25, 0.3) is 0 Å². The highest BCUT2D eigenvalue weighted by Crippen LogP contribution is 2.45. The van der Waals surface area contributed by atoms with E-state index in [0.717, 1.165) is 42.7 Å². The molecule has 43 heavy (non-hydrogen) atoms. The molecule has 0 unspecified atom stereocenters. The van der Waals surface area contributed by atoms with Crippen molar-refractivity contribution in [2.24, 2.45) is 5.41 Å². The molecule has 0 bridgehead atoms. The number of carbonyl (C=O) groups excluding carboxylic acids is 2. The number of halogens is 3. The highest BCUT2D eigenvalue weighted by Gasteiger charge is 2.37. The first-order valence-electron chi connectivity index (χ1n) is 15.1. The average Bonchev–Trinajstić information content (AvgIpc) is 3.62. The second-order valence-corrected chi connectivity index (χ2v) is 14.9. The van der Waals surface area contributed by atoms with Crippen LogP contribution in [0.1, 0.15) is 104 Å². The monoisotopic (exact) mass is 605 g/mol. The van der Waals surface area contributed by atoms with E-state index >= 15 is 0 Å². The molecular weight excluding hydrogens is 559 g/mol. The Morgan fingerprint density at radius 3 is 2.26 bits per heavy atom. The van der Waals surface area contributed by atoms with Crippen molar-refractivity contribution >= 4 is 17.8 Å². The molecule has 0 radical (unpaired) electrons. The van der Waals surface area contributed by atoms with Crippen LogP contribution in [0.15, 0.2) is 12.1 Å². The minimum absolute atomic E-state index is 0.136. The van der Waals surface area contributed by atoms with Crippen molar-refractivity contribution in [2.45, 2.75) is 124 Å². The van der Waals surface area contributed by atoms with E-state index in [-0.39, 0.29) is 35.3 Å². The van der Waals surface area contributed by atoms with Gasteiger partial charge in [0.05, 0.1) is 12.2 Å². The lowest BCUT2D eigenvalue weighted by atomic mass is 9.82. The number of alkyl carbamates (subject to hydrolysis) is 1. The first-order valence-corrected chi connectivity index (χ1v) is 15.1. The van der Waals surface area contributed by atoms with Gasteiger partial charge in [-0.05, 0) is 77.3 Å². The molecule has 1 aliphatic carbocycles. The molecule has 1 aromatic heterocycles. The van der Waals surface area contributed by atoms with Crippen molar-refractivity contribution in [3.05, 3.63) is 46.7 Å². The minimum atomic E-state index is -1.31. The van der Waals surface area contributed by atoms with Gasteiger partial charge >= 0.3 is 6.09 Å². The van der Waals surface area contributed by atoms with E-state index in [2.05, 4.69) is 49.8 Å². The SMILES string of the molecule is CC(C)(C)CC(C)(C)Nc1c(C2CC2)nc2n1CCN(C(=O)C[C@@H](Cc1cc(F)c(F)cc1F)NC(=O)OC(C)(C)C)C2. The Hall–Kier alpha value is -3.24. The normalized spacial score (nSPS) is 16.5. The molecule has 2 heterocycles. The van der Waals surface area contributed by atoms with Crippen LogP contribution < -0.4 is 10.6 Å². The molecule has 2 aromatic rings. The van der Waals surface area contributed by atoms with Gasteiger partial charge in [-0.25, -0.2) is 22.9 Å². The Kier molecular flexibility index (Phi) is 9.14. The summed E-state index contributed by atoms with van der Waals surface area (Å²) in [5.41, 5.74) is 0.0643. The molecule has 2 amide bonds. The molecule has 2 N–H and O–H groups in total. The number of benzene rings is 1. The minimum Gasteiger partial charge on any atom is -0.444 e. The maximum atomic E-state index is 14.5. The largest absolute Gasteiger partial charge is 0.444 e. The number of carbonyl (C=O) groups is 2. The first kappa shape index (κ1) is 32.7. The van der Waals surface area contributed by atoms with Crippen LogP contribution in [0, 0.1) is 22.9 Å². The number of nitrogens with one attached hydrogen (secondary N) is 2. The lowest BCUT2D eigenvalue weighted by molar-refractivity contribution is -0.133. The highest BCUT2D eigenvalue weighted by molar-refractivity contribution is 5.78. The Balaban J connectivity index is 1.52. The molecule has 0 spiro atoms. The van der Waals surface area contributed by atoms with Crippen LogP contribution in [0.2, 0.25) is 0 Å². The molecule has 1 aromatic carbocycles. The van der Waals surface area contributed by atoms with Crippen molar-refractivity contribution in [2.75, 3.05) is 11.9 Å². The predicted octanol–water partition coefficient (Wildman–Crippen LogP) is 6.67. The van der Waals surface area contributed by atoms with E-state index < -0.39 is 35.2 Å². The van der Waals surface area contributed by atoms with Gasteiger partial charge in [-0.15, -0.1) is 0 Å². The average molecular weight is 606 g/mol. The van der Waals surface area contributed by atoms with Crippen LogP contribution >= 0.6 is 0 Å². The number of imidazole rings is 1.